The predicted octanol–water partition coefficient (Wildman–Crippen LogP) is 5.22. The van der Waals surface area contributed by atoms with Gasteiger partial charge in [-0.05, 0) is 48.7 Å². The molecule has 184 valence electrons. The fourth-order valence-electron chi connectivity index (χ4n) is 3.55. The van der Waals surface area contributed by atoms with Crippen LogP contribution in [0.1, 0.15) is 24.5 Å². The van der Waals surface area contributed by atoms with Crippen LogP contribution < -0.4 is 10.1 Å². The van der Waals surface area contributed by atoms with Gasteiger partial charge in [-0.2, -0.15) is 0 Å². The van der Waals surface area contributed by atoms with Crippen LogP contribution in [-0.4, -0.2) is 47.9 Å². The van der Waals surface area contributed by atoms with E-state index in [1.165, 1.54) is 7.11 Å². The van der Waals surface area contributed by atoms with Crippen LogP contribution in [0.25, 0.3) is 0 Å². The van der Waals surface area contributed by atoms with Crippen molar-refractivity contribution in [3.8, 4) is 5.75 Å². The minimum absolute atomic E-state index is 0.163. The van der Waals surface area contributed by atoms with E-state index in [-0.39, 0.29) is 12.5 Å². The second kappa shape index (κ2) is 12.6. The molecule has 0 fully saturated rings. The number of para-hydroxylation sites is 1. The van der Waals surface area contributed by atoms with Crippen LogP contribution in [0.3, 0.4) is 0 Å². The number of nitrogens with zero attached hydrogens (tertiary/aromatic N) is 1. The van der Waals surface area contributed by atoms with E-state index in [1.54, 1.807) is 11.8 Å². The molecule has 0 aromatic heterocycles. The molecular formula is C28H32N2O5. The Bertz CT molecular complexity index is 1070. The molecule has 3 aromatic rings. The van der Waals surface area contributed by atoms with Gasteiger partial charge in [0.25, 0.3) is 0 Å². The number of carboxylic acid groups (broad SMARTS) is 1. The maximum atomic E-state index is 12.9. The van der Waals surface area contributed by atoms with Gasteiger partial charge in [-0.3, -0.25) is 0 Å². The third kappa shape index (κ3) is 7.86. The van der Waals surface area contributed by atoms with Crippen LogP contribution in [0, 0.1) is 0 Å². The molecule has 3 aromatic carbocycles. The van der Waals surface area contributed by atoms with Crippen molar-refractivity contribution in [1.82, 2.24) is 4.90 Å². The van der Waals surface area contributed by atoms with Gasteiger partial charge < -0.3 is 24.8 Å². The number of aliphatic carboxylic acids is 1. The number of amides is 2. The van der Waals surface area contributed by atoms with Gasteiger partial charge in [-0.25, -0.2) is 9.59 Å². The topological polar surface area (TPSA) is 88.1 Å². The highest BCUT2D eigenvalue weighted by Crippen LogP contribution is 2.20. The molecule has 0 spiro atoms. The Morgan fingerprint density at radius 1 is 0.914 bits per heavy atom. The smallest absolute Gasteiger partial charge is 0.336 e. The Kier molecular flexibility index (Phi) is 9.26. The molecule has 3 rings (SSSR count). The van der Waals surface area contributed by atoms with E-state index in [4.69, 9.17) is 9.47 Å². The first-order valence-electron chi connectivity index (χ1n) is 11.5. The Balaban J connectivity index is 1.53. The number of benzene rings is 3. The number of hydrogen-bond acceptors (Lipinski definition) is 4. The van der Waals surface area contributed by atoms with Crippen LogP contribution in [0.15, 0.2) is 84.9 Å². The van der Waals surface area contributed by atoms with E-state index >= 15 is 0 Å². The first kappa shape index (κ1) is 25.8. The van der Waals surface area contributed by atoms with Gasteiger partial charge in [0.1, 0.15) is 5.75 Å². The van der Waals surface area contributed by atoms with E-state index in [9.17, 15) is 14.7 Å². The molecule has 7 heteroatoms. The molecular weight excluding hydrogens is 444 g/mol. The maximum Gasteiger partial charge on any atom is 0.336 e. The Hall–Kier alpha value is -3.84. The molecule has 0 bridgehead atoms. The average molecular weight is 477 g/mol. The highest BCUT2D eigenvalue weighted by atomic mass is 16.5. The molecule has 7 nitrogen and oxygen atoms in total. The lowest BCUT2D eigenvalue weighted by molar-refractivity contribution is -0.159. The number of hydrogen-bond donors (Lipinski definition) is 2. The van der Waals surface area contributed by atoms with Gasteiger partial charge in [0.05, 0.1) is 6.61 Å². The van der Waals surface area contributed by atoms with Crippen molar-refractivity contribution in [3.63, 3.8) is 0 Å². The van der Waals surface area contributed by atoms with Crippen molar-refractivity contribution in [2.24, 2.45) is 0 Å². The monoisotopic (exact) mass is 476 g/mol. The lowest BCUT2D eigenvalue weighted by Crippen LogP contribution is -2.39. The van der Waals surface area contributed by atoms with Crippen LogP contribution in [0.5, 0.6) is 5.75 Å². The Labute approximate surface area is 206 Å². The second-order valence-electron chi connectivity index (χ2n) is 8.47. The lowest BCUT2D eigenvalue weighted by Gasteiger charge is -2.24. The molecule has 0 radical (unpaired) electrons. The molecule has 0 aliphatic carbocycles. The number of nitrogens with one attached hydrogen (secondary N) is 1. The number of rotatable bonds is 12. The van der Waals surface area contributed by atoms with E-state index in [0.29, 0.717) is 31.9 Å². The quantitative estimate of drug-likeness (QED) is 0.350. The molecule has 0 heterocycles. The Morgan fingerprint density at radius 3 is 2.14 bits per heavy atom. The molecule has 0 aliphatic heterocycles. The van der Waals surface area contributed by atoms with Crippen molar-refractivity contribution >= 4 is 17.7 Å². The lowest BCUT2D eigenvalue weighted by atomic mass is 9.96. The summed E-state index contributed by atoms with van der Waals surface area (Å²) < 4.78 is 11.0. The molecule has 0 saturated carbocycles. The van der Waals surface area contributed by atoms with Gasteiger partial charge in [-0.15, -0.1) is 0 Å². The summed E-state index contributed by atoms with van der Waals surface area (Å²) in [5.74, 6) is -0.316. The van der Waals surface area contributed by atoms with Crippen molar-refractivity contribution in [2.75, 3.05) is 25.6 Å². The summed E-state index contributed by atoms with van der Waals surface area (Å²) in [6.07, 6.45) is 0.904. The molecule has 1 atom stereocenters. The number of anilines is 1. The van der Waals surface area contributed by atoms with E-state index in [2.05, 4.69) is 5.32 Å². The minimum Gasteiger partial charge on any atom is -0.494 e. The fraction of sp³-hybridized carbons (Fsp3) is 0.286. The number of methoxy groups -OCH3 is 1. The highest BCUT2D eigenvalue weighted by Gasteiger charge is 2.33. The number of carbonyl (C=O) groups is 2. The van der Waals surface area contributed by atoms with Crippen LogP contribution in [0.2, 0.25) is 0 Å². The summed E-state index contributed by atoms with van der Waals surface area (Å²) in [5, 5.41) is 12.3. The zero-order valence-electron chi connectivity index (χ0n) is 20.1. The van der Waals surface area contributed by atoms with Gasteiger partial charge in [0.2, 0.25) is 0 Å². The predicted molar refractivity (Wildman–Crippen MR) is 136 cm³/mol. The van der Waals surface area contributed by atoms with Crippen LogP contribution >= 0.6 is 0 Å². The summed E-state index contributed by atoms with van der Waals surface area (Å²) in [6.45, 7) is 3.01. The molecule has 1 unspecified atom stereocenters. The number of carbonyl (C=O) groups excluding carboxylic acids is 1. The van der Waals surface area contributed by atoms with Gasteiger partial charge in [0.15, 0.2) is 5.60 Å². The van der Waals surface area contributed by atoms with E-state index in [1.807, 2.05) is 84.9 Å². The van der Waals surface area contributed by atoms with Crippen LogP contribution in [0.4, 0.5) is 10.5 Å². The zero-order chi connectivity index (χ0) is 25.1. The first-order chi connectivity index (χ1) is 16.9. The molecule has 2 amide bonds. The third-order valence-corrected chi connectivity index (χ3v) is 5.74. The maximum absolute atomic E-state index is 12.9. The Morgan fingerprint density at radius 2 is 1.54 bits per heavy atom. The van der Waals surface area contributed by atoms with Crippen molar-refractivity contribution in [2.45, 2.75) is 31.9 Å². The first-order valence-corrected chi connectivity index (χ1v) is 11.5. The zero-order valence-corrected chi connectivity index (χ0v) is 20.1. The minimum atomic E-state index is -1.27. The number of urea groups is 1. The fourth-order valence-corrected chi connectivity index (χ4v) is 3.55. The molecule has 35 heavy (non-hydrogen) atoms. The summed E-state index contributed by atoms with van der Waals surface area (Å²) in [7, 11) is 1.40. The molecule has 0 aliphatic rings. The van der Waals surface area contributed by atoms with Gasteiger partial charge in [-0.1, -0.05) is 60.7 Å². The van der Waals surface area contributed by atoms with E-state index < -0.39 is 11.6 Å². The summed E-state index contributed by atoms with van der Waals surface area (Å²) in [4.78, 5) is 26.1. The summed E-state index contributed by atoms with van der Waals surface area (Å²) in [5.41, 5.74) is 1.37. The highest BCUT2D eigenvalue weighted by molar-refractivity contribution is 5.89. The van der Waals surface area contributed by atoms with Crippen molar-refractivity contribution in [3.05, 3.63) is 96.1 Å². The van der Waals surface area contributed by atoms with Gasteiger partial charge >= 0.3 is 12.0 Å². The standard InChI is InChI=1S/C28H32N2O5/c1-28(34-2,26(31)32)20-22-14-16-25(17-15-22)35-19-9-18-30(21-23-10-5-3-6-11-23)27(33)29-24-12-7-4-8-13-24/h3-8,10-17H,9,18-21H2,1-2H3,(H,29,33)(H,31,32). The third-order valence-electron chi connectivity index (χ3n) is 5.74. The van der Waals surface area contributed by atoms with E-state index in [0.717, 1.165) is 16.8 Å². The van der Waals surface area contributed by atoms with Crippen molar-refractivity contribution < 1.29 is 24.2 Å². The summed E-state index contributed by atoms with van der Waals surface area (Å²) >= 11 is 0. The van der Waals surface area contributed by atoms with Crippen molar-refractivity contribution in [1.29, 1.82) is 0 Å². The summed E-state index contributed by atoms with van der Waals surface area (Å²) in [6, 6.07) is 26.4. The number of carboxylic acids is 1. The van der Waals surface area contributed by atoms with Crippen LogP contribution in [-0.2, 0) is 22.5 Å². The number of ether oxygens (including phenoxy) is 2. The van der Waals surface area contributed by atoms with Gasteiger partial charge in [0, 0.05) is 32.3 Å². The average Bonchev–Trinajstić information content (AvgIpc) is 2.87. The molecule has 2 N–H and O–H groups in total. The SMILES string of the molecule is COC(C)(Cc1ccc(OCCCN(Cc2ccccc2)C(=O)Nc2ccccc2)cc1)C(=O)O. The molecule has 0 saturated heterocycles. The normalized spacial score (nSPS) is 12.4. The largest absolute Gasteiger partial charge is 0.494 e. The second-order valence-corrected chi connectivity index (χ2v) is 8.47.